The molecule has 0 bridgehead atoms. The van der Waals surface area contributed by atoms with E-state index in [1.165, 1.54) is 12.1 Å². The van der Waals surface area contributed by atoms with Crippen LogP contribution in [0.1, 0.15) is 12.0 Å². The summed E-state index contributed by atoms with van der Waals surface area (Å²) in [5, 5.41) is 10.2. The Morgan fingerprint density at radius 3 is 2.85 bits per heavy atom. The fraction of sp³-hybridized carbons (Fsp3) is 0.240. The van der Waals surface area contributed by atoms with E-state index in [0.29, 0.717) is 52.6 Å². The van der Waals surface area contributed by atoms with E-state index in [1.807, 2.05) is 19.1 Å². The molecule has 0 aliphatic carbocycles. The number of nitriles is 1. The van der Waals surface area contributed by atoms with Crippen molar-refractivity contribution in [1.82, 2.24) is 15.0 Å². The lowest BCUT2D eigenvalue weighted by molar-refractivity contribution is 0.424. The topological polar surface area (TPSA) is 121 Å². The third-order valence-corrected chi connectivity index (χ3v) is 6.50. The zero-order chi connectivity index (χ0) is 24.0. The fourth-order valence-corrected chi connectivity index (χ4v) is 4.75. The Hall–Kier alpha value is -3.67. The molecule has 9 heteroatoms. The molecule has 0 saturated carbocycles. The van der Waals surface area contributed by atoms with E-state index < -0.39 is 0 Å². The molecule has 2 aromatic heterocycles. The van der Waals surface area contributed by atoms with Gasteiger partial charge in [-0.3, -0.25) is 0 Å². The van der Waals surface area contributed by atoms with Crippen LogP contribution in [0.4, 0.5) is 15.9 Å². The molecule has 34 heavy (non-hydrogen) atoms. The average Bonchev–Trinajstić information content (AvgIpc) is 3.21. The first-order chi connectivity index (χ1) is 16.3. The Morgan fingerprint density at radius 2 is 2.09 bits per heavy atom. The smallest absolute Gasteiger partial charge is 0.144 e. The molecule has 1 saturated heterocycles. The van der Waals surface area contributed by atoms with Gasteiger partial charge in [-0.05, 0) is 54.8 Å². The van der Waals surface area contributed by atoms with Crippen LogP contribution in [0.2, 0.25) is 5.02 Å². The maximum absolute atomic E-state index is 14.4. The van der Waals surface area contributed by atoms with E-state index in [1.54, 1.807) is 18.3 Å². The molecular formula is C25H23ClFN7. The Kier molecular flexibility index (Phi) is 5.60. The van der Waals surface area contributed by atoms with Gasteiger partial charge in [-0.1, -0.05) is 17.7 Å². The number of fused-ring (bicyclic) bond motifs is 1. The predicted octanol–water partition coefficient (Wildman–Crippen LogP) is 4.65. The minimum Gasteiger partial charge on any atom is -0.383 e. The molecule has 1 aliphatic rings. The quantitative estimate of drug-likeness (QED) is 0.396. The largest absolute Gasteiger partial charge is 0.383 e. The summed E-state index contributed by atoms with van der Waals surface area (Å²) in [5.41, 5.74) is 17.6. The van der Waals surface area contributed by atoms with Gasteiger partial charge in [-0.15, -0.1) is 0 Å². The molecule has 1 aliphatic heterocycles. The maximum atomic E-state index is 14.4. The van der Waals surface area contributed by atoms with E-state index in [0.717, 1.165) is 16.8 Å². The lowest BCUT2D eigenvalue weighted by Gasteiger charge is -2.37. The highest BCUT2D eigenvalue weighted by atomic mass is 35.5. The first-order valence-corrected chi connectivity index (χ1v) is 11.3. The number of aromatic amines is 1. The number of nitrogens with two attached hydrogens (primary N) is 2. The first-order valence-electron chi connectivity index (χ1n) is 11.0. The average molecular weight is 476 g/mol. The minimum atomic E-state index is -0.354. The standard InChI is InChI=1S/C25H23ClFN7/c1-13-6-14(8-17(27)7-13)18-11-31-24(30)22(23(18)34-5-4-19(29)15(10-28)12-34)25-32-20-3-2-16(26)9-21(20)33-25/h2-3,6-9,11,15,19H,4-5,12,29H2,1H3,(H2,30,31)(H,32,33)/t15-,19-/m1/s1. The number of hydrogen-bond acceptors (Lipinski definition) is 6. The lowest BCUT2D eigenvalue weighted by atomic mass is 9.91. The van der Waals surface area contributed by atoms with Crippen molar-refractivity contribution in [2.24, 2.45) is 11.7 Å². The summed E-state index contributed by atoms with van der Waals surface area (Å²) in [6, 6.07) is 12.4. The number of nitrogens with zero attached hydrogens (tertiary/aromatic N) is 4. The van der Waals surface area contributed by atoms with Crippen LogP contribution in [0.3, 0.4) is 0 Å². The van der Waals surface area contributed by atoms with Crippen LogP contribution in [0.5, 0.6) is 0 Å². The molecular weight excluding hydrogens is 453 g/mol. The molecule has 5 N–H and O–H groups in total. The molecule has 0 spiro atoms. The number of benzene rings is 2. The summed E-state index contributed by atoms with van der Waals surface area (Å²) < 4.78 is 14.4. The third-order valence-electron chi connectivity index (χ3n) is 6.26. The maximum Gasteiger partial charge on any atom is 0.144 e. The summed E-state index contributed by atoms with van der Waals surface area (Å²) in [5.74, 6) is 0.108. The summed E-state index contributed by atoms with van der Waals surface area (Å²) in [6.45, 7) is 2.87. The normalized spacial score (nSPS) is 18.3. The van der Waals surface area contributed by atoms with Crippen molar-refractivity contribution in [3.63, 3.8) is 0 Å². The van der Waals surface area contributed by atoms with Gasteiger partial charge in [-0.25, -0.2) is 14.4 Å². The minimum absolute atomic E-state index is 0.211. The molecule has 4 aromatic rings. The van der Waals surface area contributed by atoms with E-state index in [-0.39, 0.29) is 23.6 Å². The van der Waals surface area contributed by atoms with Crippen molar-refractivity contribution >= 4 is 34.1 Å². The number of pyridine rings is 1. The number of nitrogens with one attached hydrogen (secondary N) is 1. The van der Waals surface area contributed by atoms with Crippen molar-refractivity contribution in [3.05, 3.63) is 59.0 Å². The molecule has 3 heterocycles. The SMILES string of the molecule is Cc1cc(F)cc(-c2cnc(N)c(-c3nc4cc(Cl)ccc4[nH]3)c2N2CC[C@@H](N)[C@H](C#N)C2)c1. The Bertz CT molecular complexity index is 1420. The zero-order valence-corrected chi connectivity index (χ0v) is 19.3. The van der Waals surface area contributed by atoms with Crippen LogP contribution in [-0.4, -0.2) is 34.1 Å². The molecule has 1 fully saturated rings. The number of halogens is 2. The number of H-pyrrole nitrogens is 1. The predicted molar refractivity (Wildman–Crippen MR) is 133 cm³/mol. The monoisotopic (exact) mass is 475 g/mol. The van der Waals surface area contributed by atoms with Crippen molar-refractivity contribution in [2.75, 3.05) is 23.7 Å². The van der Waals surface area contributed by atoms with Crippen LogP contribution in [0, 0.1) is 30.0 Å². The van der Waals surface area contributed by atoms with Gasteiger partial charge in [0.05, 0.1) is 34.3 Å². The Balaban J connectivity index is 1.77. The van der Waals surface area contributed by atoms with Gasteiger partial charge in [0.1, 0.15) is 17.5 Å². The van der Waals surface area contributed by atoms with Crippen LogP contribution in [-0.2, 0) is 0 Å². The molecule has 7 nitrogen and oxygen atoms in total. The van der Waals surface area contributed by atoms with Crippen LogP contribution < -0.4 is 16.4 Å². The van der Waals surface area contributed by atoms with Crippen molar-refractivity contribution < 1.29 is 4.39 Å². The number of aryl methyl sites for hydroxylation is 1. The Labute approximate surface area is 201 Å². The number of piperidine rings is 1. The highest BCUT2D eigenvalue weighted by Gasteiger charge is 2.31. The van der Waals surface area contributed by atoms with Crippen LogP contribution in [0.25, 0.3) is 33.5 Å². The first kappa shape index (κ1) is 22.1. The molecule has 2 atom stereocenters. The van der Waals surface area contributed by atoms with Gasteiger partial charge >= 0.3 is 0 Å². The fourth-order valence-electron chi connectivity index (χ4n) is 4.59. The van der Waals surface area contributed by atoms with E-state index in [4.69, 9.17) is 28.1 Å². The lowest BCUT2D eigenvalue weighted by Crippen LogP contribution is -2.47. The Morgan fingerprint density at radius 1 is 1.26 bits per heavy atom. The van der Waals surface area contributed by atoms with Crippen molar-refractivity contribution in [2.45, 2.75) is 19.4 Å². The molecule has 0 amide bonds. The molecule has 0 radical (unpaired) electrons. The van der Waals surface area contributed by atoms with Gasteiger partial charge < -0.3 is 21.4 Å². The molecule has 0 unspecified atom stereocenters. The van der Waals surface area contributed by atoms with Gasteiger partial charge in [0, 0.05) is 35.9 Å². The second-order valence-electron chi connectivity index (χ2n) is 8.68. The number of aromatic nitrogens is 3. The van der Waals surface area contributed by atoms with Gasteiger partial charge in [0.15, 0.2) is 0 Å². The molecule has 172 valence electrons. The summed E-state index contributed by atoms with van der Waals surface area (Å²) in [4.78, 5) is 14.6. The highest BCUT2D eigenvalue weighted by Crippen LogP contribution is 2.43. The number of anilines is 2. The number of rotatable bonds is 3. The third kappa shape index (κ3) is 3.94. The summed E-state index contributed by atoms with van der Waals surface area (Å²) in [7, 11) is 0. The molecule has 5 rings (SSSR count). The summed E-state index contributed by atoms with van der Waals surface area (Å²) in [6.07, 6.45) is 2.29. The van der Waals surface area contributed by atoms with Crippen LogP contribution >= 0.6 is 11.6 Å². The molecule has 2 aromatic carbocycles. The zero-order valence-electron chi connectivity index (χ0n) is 18.5. The van der Waals surface area contributed by atoms with E-state index >= 15 is 0 Å². The van der Waals surface area contributed by atoms with Gasteiger partial charge in [0.25, 0.3) is 0 Å². The van der Waals surface area contributed by atoms with Crippen molar-refractivity contribution in [3.8, 4) is 28.6 Å². The van der Waals surface area contributed by atoms with E-state index in [2.05, 4.69) is 20.9 Å². The second kappa shape index (κ2) is 8.60. The van der Waals surface area contributed by atoms with Gasteiger partial charge in [-0.2, -0.15) is 5.26 Å². The second-order valence-corrected chi connectivity index (χ2v) is 9.12. The van der Waals surface area contributed by atoms with Gasteiger partial charge in [0.2, 0.25) is 0 Å². The number of hydrogen-bond donors (Lipinski definition) is 3. The number of nitrogen functional groups attached to an aromatic ring is 1. The highest BCUT2D eigenvalue weighted by molar-refractivity contribution is 6.31. The summed E-state index contributed by atoms with van der Waals surface area (Å²) >= 11 is 6.16. The van der Waals surface area contributed by atoms with Crippen molar-refractivity contribution in [1.29, 1.82) is 5.26 Å². The van der Waals surface area contributed by atoms with Crippen LogP contribution in [0.15, 0.2) is 42.6 Å². The van der Waals surface area contributed by atoms with E-state index in [9.17, 15) is 9.65 Å². The number of imidazole rings is 1.